The SMILES string of the molecule is CC1CCC(c2ccc(COC(F)(F)C(F)c3ccc(C4CCC(C)CC4)cc3)cc2)CC1. The molecule has 0 spiro atoms. The number of hydrogen-bond donors (Lipinski definition) is 0. The summed E-state index contributed by atoms with van der Waals surface area (Å²) in [6, 6.07) is 14.3. The monoisotopic (exact) mass is 458 g/mol. The number of rotatable bonds is 7. The van der Waals surface area contributed by atoms with E-state index in [1.54, 1.807) is 0 Å². The number of ether oxygens (including phenoxy) is 1. The molecular formula is C29H37F3O. The number of benzene rings is 2. The van der Waals surface area contributed by atoms with Gasteiger partial charge in [-0.1, -0.05) is 88.1 Å². The molecule has 2 aliphatic rings. The summed E-state index contributed by atoms with van der Waals surface area (Å²) in [6.45, 7) is 4.24. The molecule has 0 aromatic heterocycles. The molecule has 0 radical (unpaired) electrons. The van der Waals surface area contributed by atoms with Crippen molar-refractivity contribution in [3.8, 4) is 0 Å². The molecule has 2 aromatic carbocycles. The average molecular weight is 459 g/mol. The van der Waals surface area contributed by atoms with E-state index in [0.717, 1.165) is 30.2 Å². The van der Waals surface area contributed by atoms with Gasteiger partial charge in [-0.25, -0.2) is 4.39 Å². The van der Waals surface area contributed by atoms with E-state index in [4.69, 9.17) is 4.74 Å². The van der Waals surface area contributed by atoms with Gasteiger partial charge in [-0.15, -0.1) is 0 Å². The van der Waals surface area contributed by atoms with E-state index in [1.165, 1.54) is 56.2 Å². The van der Waals surface area contributed by atoms with E-state index in [-0.39, 0.29) is 12.2 Å². The number of halogens is 3. The topological polar surface area (TPSA) is 9.23 Å². The molecule has 180 valence electrons. The molecule has 2 aromatic rings. The van der Waals surface area contributed by atoms with Gasteiger partial charge in [-0.05, 0) is 71.6 Å². The second kappa shape index (κ2) is 10.6. The lowest BCUT2D eigenvalue weighted by Gasteiger charge is -2.27. The molecular weight excluding hydrogens is 421 g/mol. The maximum atomic E-state index is 14.7. The molecule has 2 aliphatic carbocycles. The van der Waals surface area contributed by atoms with Crippen LogP contribution in [0.15, 0.2) is 48.5 Å². The third kappa shape index (κ3) is 6.20. The highest BCUT2D eigenvalue weighted by molar-refractivity contribution is 5.28. The standard InChI is InChI=1S/C29H37F3O/c1-20-3-9-23(10-4-20)25-13-7-22(8-14-25)19-33-29(31,32)28(30)27-17-15-26(16-18-27)24-11-5-21(2)6-12-24/h7-8,13-18,20-21,23-24,28H,3-6,9-12,19H2,1-2H3. The molecule has 1 unspecified atom stereocenters. The van der Waals surface area contributed by atoms with Gasteiger partial charge >= 0.3 is 6.11 Å². The molecule has 4 heteroatoms. The average Bonchev–Trinajstić information content (AvgIpc) is 2.84. The molecule has 1 atom stereocenters. The van der Waals surface area contributed by atoms with Crippen molar-refractivity contribution in [2.45, 2.75) is 95.9 Å². The lowest BCUT2D eigenvalue weighted by Crippen LogP contribution is -2.27. The van der Waals surface area contributed by atoms with Crippen LogP contribution in [0.4, 0.5) is 13.2 Å². The second-order valence-corrected chi connectivity index (χ2v) is 10.5. The highest BCUT2D eigenvalue weighted by Gasteiger charge is 2.42. The van der Waals surface area contributed by atoms with Crippen LogP contribution in [0.3, 0.4) is 0 Å². The Kier molecular flexibility index (Phi) is 7.83. The van der Waals surface area contributed by atoms with Crippen molar-refractivity contribution in [1.82, 2.24) is 0 Å². The summed E-state index contributed by atoms with van der Waals surface area (Å²) in [6.07, 6.45) is 3.06. The van der Waals surface area contributed by atoms with Crippen LogP contribution in [0.1, 0.15) is 105 Å². The van der Waals surface area contributed by atoms with E-state index in [1.807, 2.05) is 36.4 Å². The quantitative estimate of drug-likeness (QED) is 0.402. The van der Waals surface area contributed by atoms with Crippen LogP contribution in [0.25, 0.3) is 0 Å². The van der Waals surface area contributed by atoms with Crippen LogP contribution in [0.2, 0.25) is 0 Å². The first-order valence-corrected chi connectivity index (χ1v) is 12.7. The summed E-state index contributed by atoms with van der Waals surface area (Å²) >= 11 is 0. The predicted molar refractivity (Wildman–Crippen MR) is 127 cm³/mol. The molecule has 0 heterocycles. The van der Waals surface area contributed by atoms with Gasteiger partial charge in [-0.2, -0.15) is 8.78 Å². The first-order chi connectivity index (χ1) is 15.8. The largest absolute Gasteiger partial charge is 0.391 e. The third-order valence-electron chi connectivity index (χ3n) is 7.91. The maximum absolute atomic E-state index is 14.7. The normalized spacial score (nSPS) is 27.3. The zero-order valence-corrected chi connectivity index (χ0v) is 19.9. The van der Waals surface area contributed by atoms with Gasteiger partial charge in [0.15, 0.2) is 0 Å². The molecule has 0 amide bonds. The molecule has 0 N–H and O–H groups in total. The van der Waals surface area contributed by atoms with Crippen LogP contribution in [-0.2, 0) is 11.3 Å². The fourth-order valence-electron chi connectivity index (χ4n) is 5.46. The van der Waals surface area contributed by atoms with Gasteiger partial charge < -0.3 is 4.74 Å². The summed E-state index contributed by atoms with van der Waals surface area (Å²) in [5.41, 5.74) is 2.98. The van der Waals surface area contributed by atoms with Crippen molar-refractivity contribution < 1.29 is 17.9 Å². The van der Waals surface area contributed by atoms with E-state index >= 15 is 0 Å². The van der Waals surface area contributed by atoms with Crippen molar-refractivity contribution in [3.63, 3.8) is 0 Å². The van der Waals surface area contributed by atoms with Crippen LogP contribution >= 0.6 is 0 Å². The van der Waals surface area contributed by atoms with Crippen molar-refractivity contribution in [1.29, 1.82) is 0 Å². The van der Waals surface area contributed by atoms with Crippen LogP contribution in [-0.4, -0.2) is 6.11 Å². The Bertz CT molecular complexity index is 861. The first-order valence-electron chi connectivity index (χ1n) is 12.7. The molecule has 0 aliphatic heterocycles. The van der Waals surface area contributed by atoms with Gasteiger partial charge in [0.2, 0.25) is 6.17 Å². The fourth-order valence-corrected chi connectivity index (χ4v) is 5.46. The molecule has 0 bridgehead atoms. The van der Waals surface area contributed by atoms with Gasteiger partial charge in [0.25, 0.3) is 0 Å². The molecule has 0 saturated heterocycles. The summed E-state index contributed by atoms with van der Waals surface area (Å²) in [4.78, 5) is 0. The van der Waals surface area contributed by atoms with E-state index in [2.05, 4.69) is 13.8 Å². The Morgan fingerprint density at radius 2 is 1.15 bits per heavy atom. The minimum Gasteiger partial charge on any atom is -0.313 e. The van der Waals surface area contributed by atoms with E-state index in [9.17, 15) is 13.2 Å². The Hall–Kier alpha value is -1.81. The van der Waals surface area contributed by atoms with Crippen LogP contribution in [0.5, 0.6) is 0 Å². The second-order valence-electron chi connectivity index (χ2n) is 10.5. The highest BCUT2D eigenvalue weighted by Crippen LogP contribution is 2.40. The first kappa shape index (κ1) is 24.3. The summed E-state index contributed by atoms with van der Waals surface area (Å²) in [5, 5.41) is 0. The van der Waals surface area contributed by atoms with Crippen molar-refractivity contribution >= 4 is 0 Å². The summed E-state index contributed by atoms with van der Waals surface area (Å²) in [7, 11) is 0. The highest BCUT2D eigenvalue weighted by atomic mass is 19.3. The molecule has 2 saturated carbocycles. The Labute approximate surface area is 196 Å². The molecule has 1 nitrogen and oxygen atoms in total. The third-order valence-corrected chi connectivity index (χ3v) is 7.91. The smallest absolute Gasteiger partial charge is 0.313 e. The van der Waals surface area contributed by atoms with Gasteiger partial charge in [0, 0.05) is 0 Å². The Morgan fingerprint density at radius 3 is 1.61 bits per heavy atom. The lowest BCUT2D eigenvalue weighted by molar-refractivity contribution is -0.282. The predicted octanol–water partition coefficient (Wildman–Crippen LogP) is 9.09. The van der Waals surface area contributed by atoms with E-state index < -0.39 is 12.3 Å². The summed E-state index contributed by atoms with van der Waals surface area (Å²) in [5.74, 6) is 2.54. The lowest BCUT2D eigenvalue weighted by atomic mass is 9.79. The minimum absolute atomic E-state index is 0.0326. The Balaban J connectivity index is 1.31. The van der Waals surface area contributed by atoms with Crippen molar-refractivity contribution in [2.24, 2.45) is 11.8 Å². The maximum Gasteiger partial charge on any atom is 0.391 e. The number of hydrogen-bond acceptors (Lipinski definition) is 1. The van der Waals surface area contributed by atoms with Crippen LogP contribution < -0.4 is 0 Å². The van der Waals surface area contributed by atoms with Crippen molar-refractivity contribution in [2.75, 3.05) is 0 Å². The molecule has 2 fully saturated rings. The minimum atomic E-state index is -3.88. The zero-order chi connectivity index (χ0) is 23.4. The van der Waals surface area contributed by atoms with Crippen LogP contribution in [0, 0.1) is 11.8 Å². The zero-order valence-electron chi connectivity index (χ0n) is 19.9. The molecule has 33 heavy (non-hydrogen) atoms. The van der Waals surface area contributed by atoms with Gasteiger partial charge in [0.05, 0.1) is 6.61 Å². The Morgan fingerprint density at radius 1 is 0.727 bits per heavy atom. The fraction of sp³-hybridized carbons (Fsp3) is 0.586. The van der Waals surface area contributed by atoms with Crippen molar-refractivity contribution in [3.05, 3.63) is 70.8 Å². The molecule has 4 rings (SSSR count). The van der Waals surface area contributed by atoms with Gasteiger partial charge in [-0.3, -0.25) is 0 Å². The van der Waals surface area contributed by atoms with E-state index in [0.29, 0.717) is 17.4 Å². The number of alkyl halides is 3. The summed E-state index contributed by atoms with van der Waals surface area (Å²) < 4.78 is 48.5. The van der Waals surface area contributed by atoms with Gasteiger partial charge in [0.1, 0.15) is 0 Å².